The largest absolute Gasteiger partial charge is 0.416 e. The van der Waals surface area contributed by atoms with Gasteiger partial charge in [0.25, 0.3) is 0 Å². The molecule has 0 saturated carbocycles. The van der Waals surface area contributed by atoms with Crippen LogP contribution in [0.15, 0.2) is 22.7 Å². The predicted octanol–water partition coefficient (Wildman–Crippen LogP) is 3.21. The van der Waals surface area contributed by atoms with Crippen LogP contribution in [0.4, 0.5) is 18.9 Å². The lowest BCUT2D eigenvalue weighted by Crippen LogP contribution is -2.27. The number of anilines is 1. The molecule has 0 heterocycles. The van der Waals surface area contributed by atoms with E-state index in [0.717, 1.165) is 18.6 Å². The van der Waals surface area contributed by atoms with E-state index in [0.29, 0.717) is 6.54 Å². The summed E-state index contributed by atoms with van der Waals surface area (Å²) in [5.41, 5.74) is -1.04. The van der Waals surface area contributed by atoms with Crippen LogP contribution < -0.4 is 10.0 Å². The van der Waals surface area contributed by atoms with Crippen molar-refractivity contribution in [3.05, 3.63) is 28.2 Å². The second-order valence-corrected chi connectivity index (χ2v) is 7.15. The Bertz CT molecular complexity index is 576. The highest BCUT2D eigenvalue weighted by atomic mass is 79.9. The summed E-state index contributed by atoms with van der Waals surface area (Å²) in [4.78, 5) is 0. The van der Waals surface area contributed by atoms with Gasteiger partial charge in [0.2, 0.25) is 10.0 Å². The van der Waals surface area contributed by atoms with Crippen molar-refractivity contribution < 1.29 is 21.6 Å². The predicted molar refractivity (Wildman–Crippen MR) is 79.7 cm³/mol. The third-order valence-electron chi connectivity index (χ3n) is 2.47. The van der Waals surface area contributed by atoms with Gasteiger partial charge in [-0.15, -0.1) is 0 Å². The second-order valence-electron chi connectivity index (χ2n) is 4.40. The topological polar surface area (TPSA) is 58.2 Å². The molecule has 21 heavy (non-hydrogen) atoms. The standard InChI is InChI=1S/C12H16BrF3N2O2S/c1-2-3-17-4-5-21(19,20)18-11-7-9(12(14,15)16)6-10(13)8-11/h6-8,17-18H,2-5H2,1H3. The van der Waals surface area contributed by atoms with E-state index >= 15 is 0 Å². The Kier molecular flexibility index (Phi) is 6.48. The lowest BCUT2D eigenvalue weighted by molar-refractivity contribution is -0.137. The first-order valence-electron chi connectivity index (χ1n) is 6.23. The van der Waals surface area contributed by atoms with Crippen LogP contribution in [0.2, 0.25) is 0 Å². The first-order chi connectivity index (χ1) is 9.64. The number of hydrogen-bond donors (Lipinski definition) is 2. The van der Waals surface area contributed by atoms with Crippen LogP contribution in [0, 0.1) is 0 Å². The van der Waals surface area contributed by atoms with Crippen molar-refractivity contribution in [2.24, 2.45) is 0 Å². The zero-order valence-electron chi connectivity index (χ0n) is 11.3. The summed E-state index contributed by atoms with van der Waals surface area (Å²) in [6.07, 6.45) is -3.67. The van der Waals surface area contributed by atoms with Crippen molar-refractivity contribution in [3.8, 4) is 0 Å². The van der Waals surface area contributed by atoms with Crippen LogP contribution in [0.5, 0.6) is 0 Å². The zero-order valence-corrected chi connectivity index (χ0v) is 13.7. The molecule has 0 amide bonds. The lowest BCUT2D eigenvalue weighted by atomic mass is 10.2. The van der Waals surface area contributed by atoms with Crippen molar-refractivity contribution in [2.45, 2.75) is 19.5 Å². The first kappa shape index (κ1) is 18.2. The maximum absolute atomic E-state index is 12.7. The van der Waals surface area contributed by atoms with Crippen LogP contribution in [-0.4, -0.2) is 27.3 Å². The van der Waals surface area contributed by atoms with E-state index in [1.165, 1.54) is 6.07 Å². The van der Waals surface area contributed by atoms with Gasteiger partial charge in [-0.25, -0.2) is 8.42 Å². The molecule has 1 aromatic rings. The van der Waals surface area contributed by atoms with Crippen molar-refractivity contribution >= 4 is 31.6 Å². The lowest BCUT2D eigenvalue weighted by Gasteiger charge is -2.12. The van der Waals surface area contributed by atoms with Crippen LogP contribution in [0.1, 0.15) is 18.9 Å². The molecule has 0 fully saturated rings. The van der Waals surface area contributed by atoms with E-state index < -0.39 is 21.8 Å². The molecule has 1 rings (SSSR count). The summed E-state index contributed by atoms with van der Waals surface area (Å²) in [6, 6.07) is 2.94. The SMILES string of the molecule is CCCNCCS(=O)(=O)Nc1cc(Br)cc(C(F)(F)F)c1. The van der Waals surface area contributed by atoms with Crippen molar-refractivity contribution in [3.63, 3.8) is 0 Å². The molecule has 9 heteroatoms. The van der Waals surface area contributed by atoms with Crippen LogP contribution in [-0.2, 0) is 16.2 Å². The Hall–Kier alpha value is -0.800. The smallest absolute Gasteiger partial charge is 0.316 e. The molecule has 0 bridgehead atoms. The fraction of sp³-hybridized carbons (Fsp3) is 0.500. The molecule has 0 aliphatic carbocycles. The van der Waals surface area contributed by atoms with Crippen LogP contribution >= 0.6 is 15.9 Å². The Morgan fingerprint density at radius 3 is 2.43 bits per heavy atom. The minimum absolute atomic E-state index is 0.118. The van der Waals surface area contributed by atoms with Gasteiger partial charge in [0.15, 0.2) is 0 Å². The van der Waals surface area contributed by atoms with Gasteiger partial charge in [-0.3, -0.25) is 4.72 Å². The van der Waals surface area contributed by atoms with E-state index in [9.17, 15) is 21.6 Å². The molecule has 0 radical (unpaired) electrons. The van der Waals surface area contributed by atoms with Gasteiger partial charge in [-0.2, -0.15) is 13.2 Å². The molecule has 2 N–H and O–H groups in total. The normalized spacial score (nSPS) is 12.4. The van der Waals surface area contributed by atoms with Crippen molar-refractivity contribution in [1.82, 2.24) is 5.32 Å². The second kappa shape index (κ2) is 7.46. The minimum Gasteiger partial charge on any atom is -0.316 e. The number of rotatable bonds is 7. The van der Waals surface area contributed by atoms with E-state index in [4.69, 9.17) is 0 Å². The average Bonchev–Trinajstić information content (AvgIpc) is 2.32. The molecule has 4 nitrogen and oxygen atoms in total. The van der Waals surface area contributed by atoms with Gasteiger partial charge >= 0.3 is 6.18 Å². The average molecular weight is 389 g/mol. The molecule has 0 unspecified atom stereocenters. The number of hydrogen-bond acceptors (Lipinski definition) is 3. The molecule has 0 saturated heterocycles. The van der Waals surface area contributed by atoms with Crippen LogP contribution in [0.3, 0.4) is 0 Å². The summed E-state index contributed by atoms with van der Waals surface area (Å²) in [6.45, 7) is 2.87. The Labute approximate surface area is 130 Å². The molecule has 0 aliphatic rings. The highest BCUT2D eigenvalue weighted by molar-refractivity contribution is 9.10. The minimum atomic E-state index is -4.54. The maximum atomic E-state index is 12.7. The highest BCUT2D eigenvalue weighted by Crippen LogP contribution is 2.33. The van der Waals surface area contributed by atoms with Crippen molar-refractivity contribution in [2.75, 3.05) is 23.6 Å². The Morgan fingerprint density at radius 1 is 1.19 bits per heavy atom. The summed E-state index contributed by atoms with van der Waals surface area (Å²) < 4.78 is 63.9. The quantitative estimate of drug-likeness (QED) is 0.705. The van der Waals surface area contributed by atoms with E-state index in [1.807, 2.05) is 6.92 Å². The maximum Gasteiger partial charge on any atom is 0.416 e. The monoisotopic (exact) mass is 388 g/mol. The number of alkyl halides is 3. The van der Waals surface area contributed by atoms with Gasteiger partial charge in [-0.05, 0) is 31.2 Å². The number of sulfonamides is 1. The number of halogens is 4. The van der Waals surface area contributed by atoms with Crippen molar-refractivity contribution in [1.29, 1.82) is 0 Å². The van der Waals surface area contributed by atoms with E-state index in [1.54, 1.807) is 0 Å². The Balaban J connectivity index is 2.80. The van der Waals surface area contributed by atoms with Crippen LogP contribution in [0.25, 0.3) is 0 Å². The van der Waals surface area contributed by atoms with Gasteiger partial charge in [0.05, 0.1) is 17.0 Å². The molecule has 0 atom stereocenters. The summed E-state index contributed by atoms with van der Waals surface area (Å²) in [7, 11) is -3.69. The summed E-state index contributed by atoms with van der Waals surface area (Å²) >= 11 is 2.94. The Morgan fingerprint density at radius 2 is 1.86 bits per heavy atom. The van der Waals surface area contributed by atoms with Gasteiger partial charge in [0.1, 0.15) is 0 Å². The van der Waals surface area contributed by atoms with E-state index in [2.05, 4.69) is 26.0 Å². The zero-order chi connectivity index (χ0) is 16.1. The third-order valence-corrected chi connectivity index (χ3v) is 4.22. The fourth-order valence-corrected chi connectivity index (χ4v) is 3.04. The number of benzene rings is 1. The summed E-state index contributed by atoms with van der Waals surface area (Å²) in [5, 5.41) is 2.92. The molecular weight excluding hydrogens is 373 g/mol. The van der Waals surface area contributed by atoms with E-state index in [-0.39, 0.29) is 22.5 Å². The first-order valence-corrected chi connectivity index (χ1v) is 8.67. The molecule has 0 aliphatic heterocycles. The highest BCUT2D eigenvalue weighted by Gasteiger charge is 2.31. The van der Waals surface area contributed by atoms with Gasteiger partial charge in [0, 0.05) is 11.0 Å². The third kappa shape index (κ3) is 6.66. The molecular formula is C12H16BrF3N2O2S. The molecule has 120 valence electrons. The molecule has 0 aromatic heterocycles. The summed E-state index contributed by atoms with van der Waals surface area (Å²) in [5.74, 6) is -0.207. The van der Waals surface area contributed by atoms with Gasteiger partial charge < -0.3 is 5.32 Å². The number of nitrogens with one attached hydrogen (secondary N) is 2. The van der Waals surface area contributed by atoms with Gasteiger partial charge in [-0.1, -0.05) is 22.9 Å². The molecule has 0 spiro atoms. The fourth-order valence-electron chi connectivity index (χ4n) is 1.55. The molecule has 1 aromatic carbocycles.